The van der Waals surface area contributed by atoms with Crippen molar-refractivity contribution in [1.82, 2.24) is 4.98 Å². The summed E-state index contributed by atoms with van der Waals surface area (Å²) in [6.45, 7) is 0. The van der Waals surface area contributed by atoms with E-state index in [2.05, 4.69) is 10.3 Å². The molecule has 1 aliphatic rings. The fourth-order valence-corrected chi connectivity index (χ4v) is 2.68. The van der Waals surface area contributed by atoms with Crippen molar-refractivity contribution in [1.29, 1.82) is 0 Å². The van der Waals surface area contributed by atoms with Crippen molar-refractivity contribution in [2.24, 2.45) is 0 Å². The van der Waals surface area contributed by atoms with E-state index < -0.39 is 9.84 Å². The van der Waals surface area contributed by atoms with Crippen molar-refractivity contribution in [3.8, 4) is 0 Å². The highest BCUT2D eigenvalue weighted by atomic mass is 32.2. The summed E-state index contributed by atoms with van der Waals surface area (Å²) >= 11 is 0. The van der Waals surface area contributed by atoms with Gasteiger partial charge in [0.15, 0.2) is 9.84 Å². The average molecular weight is 212 g/mol. The highest BCUT2D eigenvalue weighted by Crippen LogP contribution is 2.24. The van der Waals surface area contributed by atoms with E-state index in [9.17, 15) is 13.2 Å². The molecule has 0 fully saturated rings. The lowest BCUT2D eigenvalue weighted by Crippen LogP contribution is -2.11. The van der Waals surface area contributed by atoms with Crippen LogP contribution >= 0.6 is 0 Å². The van der Waals surface area contributed by atoms with Crippen LogP contribution in [0, 0.1) is 0 Å². The topological polar surface area (TPSA) is 76.1 Å². The van der Waals surface area contributed by atoms with Crippen LogP contribution in [0.25, 0.3) is 0 Å². The number of pyridine rings is 1. The van der Waals surface area contributed by atoms with E-state index in [1.165, 1.54) is 18.5 Å². The molecule has 0 saturated carbocycles. The van der Waals surface area contributed by atoms with Gasteiger partial charge >= 0.3 is 0 Å². The summed E-state index contributed by atoms with van der Waals surface area (Å²) < 4.78 is 23.2. The van der Waals surface area contributed by atoms with E-state index in [0.717, 1.165) is 0 Å². The van der Waals surface area contributed by atoms with Crippen LogP contribution in [0.4, 0.5) is 5.69 Å². The molecule has 0 aromatic carbocycles. The standard InChI is InChI=1S/C8H8N2O3S/c11-8-2-4-14(12,13)7-1-3-9-5-6(7)10-8/h1,3,5H,2,4H2,(H,10,11). The van der Waals surface area contributed by atoms with Gasteiger partial charge in [0.2, 0.25) is 5.91 Å². The molecule has 2 heterocycles. The second kappa shape index (κ2) is 3.06. The van der Waals surface area contributed by atoms with E-state index in [1.807, 2.05) is 0 Å². The Kier molecular flexibility index (Phi) is 1.99. The molecule has 0 saturated heterocycles. The van der Waals surface area contributed by atoms with Gasteiger partial charge in [-0.1, -0.05) is 0 Å². The van der Waals surface area contributed by atoms with Gasteiger partial charge in [0, 0.05) is 12.6 Å². The molecule has 0 aliphatic carbocycles. The summed E-state index contributed by atoms with van der Waals surface area (Å²) in [5.41, 5.74) is 0.273. The van der Waals surface area contributed by atoms with Crippen molar-refractivity contribution in [3.63, 3.8) is 0 Å². The Hall–Kier alpha value is -1.43. The average Bonchev–Trinajstić information content (AvgIpc) is 2.25. The fraction of sp³-hybridized carbons (Fsp3) is 0.250. The second-order valence-corrected chi connectivity index (χ2v) is 5.07. The molecule has 1 aromatic heterocycles. The van der Waals surface area contributed by atoms with Gasteiger partial charge in [-0.15, -0.1) is 0 Å². The van der Waals surface area contributed by atoms with Crippen LogP contribution in [0.2, 0.25) is 0 Å². The first-order valence-corrected chi connectivity index (χ1v) is 5.71. The molecule has 0 unspecified atom stereocenters. The Bertz CT molecular complexity index is 481. The van der Waals surface area contributed by atoms with Crippen molar-refractivity contribution < 1.29 is 13.2 Å². The summed E-state index contributed by atoms with van der Waals surface area (Å²) in [6, 6.07) is 1.40. The minimum absolute atomic E-state index is 0.00296. The maximum atomic E-state index is 11.6. The van der Waals surface area contributed by atoms with Crippen LogP contribution in [0.5, 0.6) is 0 Å². The number of hydrogen-bond donors (Lipinski definition) is 1. The molecule has 5 nitrogen and oxygen atoms in total. The number of nitrogens with one attached hydrogen (secondary N) is 1. The minimum Gasteiger partial charge on any atom is -0.324 e. The van der Waals surface area contributed by atoms with E-state index in [1.54, 1.807) is 0 Å². The van der Waals surface area contributed by atoms with Crippen LogP contribution in [-0.4, -0.2) is 25.1 Å². The van der Waals surface area contributed by atoms with E-state index in [-0.39, 0.29) is 28.7 Å². The van der Waals surface area contributed by atoms with Crippen LogP contribution in [0.3, 0.4) is 0 Å². The first kappa shape index (κ1) is 9.14. The quantitative estimate of drug-likeness (QED) is 0.666. The number of sulfone groups is 1. The molecule has 1 amide bonds. The monoisotopic (exact) mass is 212 g/mol. The molecular weight excluding hydrogens is 204 g/mol. The predicted molar refractivity (Wildman–Crippen MR) is 49.5 cm³/mol. The number of hydrogen-bond acceptors (Lipinski definition) is 4. The minimum atomic E-state index is -3.33. The zero-order valence-corrected chi connectivity index (χ0v) is 8.04. The van der Waals surface area contributed by atoms with Gasteiger partial charge in [0.25, 0.3) is 0 Å². The first-order valence-electron chi connectivity index (χ1n) is 4.06. The summed E-state index contributed by atoms with van der Waals surface area (Å²) in [7, 11) is -3.33. The first-order chi connectivity index (χ1) is 6.59. The van der Waals surface area contributed by atoms with Crippen molar-refractivity contribution in [3.05, 3.63) is 18.5 Å². The van der Waals surface area contributed by atoms with E-state index >= 15 is 0 Å². The lowest BCUT2D eigenvalue weighted by atomic mass is 10.4. The molecular formula is C8H8N2O3S. The van der Waals surface area contributed by atoms with Gasteiger partial charge in [-0.3, -0.25) is 9.78 Å². The number of anilines is 1. The third kappa shape index (κ3) is 1.48. The van der Waals surface area contributed by atoms with E-state index in [4.69, 9.17) is 0 Å². The van der Waals surface area contributed by atoms with Gasteiger partial charge in [-0.05, 0) is 6.07 Å². The van der Waals surface area contributed by atoms with Gasteiger partial charge in [0.05, 0.1) is 22.5 Å². The van der Waals surface area contributed by atoms with Crippen LogP contribution < -0.4 is 5.32 Å². The predicted octanol–water partition coefficient (Wildman–Crippen LogP) is 0.198. The Morgan fingerprint density at radius 2 is 2.21 bits per heavy atom. The Balaban J connectivity index is 2.64. The number of aromatic nitrogens is 1. The van der Waals surface area contributed by atoms with Gasteiger partial charge in [0.1, 0.15) is 0 Å². The van der Waals surface area contributed by atoms with Gasteiger partial charge in [-0.2, -0.15) is 0 Å². The Morgan fingerprint density at radius 1 is 1.43 bits per heavy atom. The molecule has 1 aliphatic heterocycles. The summed E-state index contributed by atoms with van der Waals surface area (Å²) in [6.07, 6.45) is 2.74. The highest BCUT2D eigenvalue weighted by molar-refractivity contribution is 7.91. The number of nitrogens with zero attached hydrogens (tertiary/aromatic N) is 1. The molecule has 14 heavy (non-hydrogen) atoms. The van der Waals surface area contributed by atoms with Crippen molar-refractivity contribution in [2.75, 3.05) is 11.1 Å². The maximum absolute atomic E-state index is 11.6. The molecule has 0 bridgehead atoms. The second-order valence-electron chi connectivity index (χ2n) is 2.99. The molecule has 1 aromatic rings. The number of carbonyl (C=O) groups excluding carboxylic acids is 1. The van der Waals surface area contributed by atoms with Gasteiger partial charge in [-0.25, -0.2) is 8.42 Å². The Labute approximate surface area is 81.1 Å². The molecule has 1 N–H and O–H groups in total. The molecule has 2 rings (SSSR count). The lowest BCUT2D eigenvalue weighted by molar-refractivity contribution is -0.115. The van der Waals surface area contributed by atoms with Crippen LogP contribution in [0.1, 0.15) is 6.42 Å². The third-order valence-electron chi connectivity index (χ3n) is 1.99. The smallest absolute Gasteiger partial charge is 0.225 e. The van der Waals surface area contributed by atoms with E-state index in [0.29, 0.717) is 0 Å². The summed E-state index contributed by atoms with van der Waals surface area (Å²) in [5.74, 6) is -0.434. The maximum Gasteiger partial charge on any atom is 0.225 e. The Morgan fingerprint density at radius 3 is 3.00 bits per heavy atom. The fourth-order valence-electron chi connectivity index (χ4n) is 1.30. The number of amides is 1. The normalized spacial score (nSPS) is 19.3. The summed E-state index contributed by atoms with van der Waals surface area (Å²) in [5, 5.41) is 2.50. The zero-order valence-electron chi connectivity index (χ0n) is 7.23. The SMILES string of the molecule is O=C1CCS(=O)(=O)c2ccncc2N1. The molecule has 6 heteroatoms. The largest absolute Gasteiger partial charge is 0.324 e. The van der Waals surface area contributed by atoms with Gasteiger partial charge < -0.3 is 5.32 Å². The van der Waals surface area contributed by atoms with Crippen molar-refractivity contribution >= 4 is 21.4 Å². The molecule has 0 radical (unpaired) electrons. The molecule has 0 atom stereocenters. The van der Waals surface area contributed by atoms with Crippen LogP contribution in [-0.2, 0) is 14.6 Å². The van der Waals surface area contributed by atoms with Crippen LogP contribution in [0.15, 0.2) is 23.4 Å². The lowest BCUT2D eigenvalue weighted by Gasteiger charge is -2.03. The van der Waals surface area contributed by atoms with Crippen molar-refractivity contribution in [2.45, 2.75) is 11.3 Å². The number of carbonyl (C=O) groups is 1. The number of fused-ring (bicyclic) bond motifs is 1. The molecule has 0 spiro atoms. The third-order valence-corrected chi connectivity index (χ3v) is 3.76. The summed E-state index contributed by atoms with van der Waals surface area (Å²) in [4.78, 5) is 15.0. The zero-order chi connectivity index (χ0) is 10.2. The number of rotatable bonds is 0. The highest BCUT2D eigenvalue weighted by Gasteiger charge is 2.24. The molecule has 74 valence electrons.